The molecule has 0 aliphatic heterocycles. The van der Waals surface area contributed by atoms with E-state index in [1.807, 2.05) is 0 Å². The molecular formula is C50H35N. The maximum absolute atomic E-state index is 2.36. The smallest absolute Gasteiger partial charge is 0.0467 e. The van der Waals surface area contributed by atoms with Gasteiger partial charge in [-0.15, -0.1) is 0 Å². The van der Waals surface area contributed by atoms with Crippen molar-refractivity contribution < 1.29 is 0 Å². The van der Waals surface area contributed by atoms with Gasteiger partial charge in [0.15, 0.2) is 0 Å². The largest absolute Gasteiger partial charge is 0.310 e. The number of benzene rings is 9. The Morgan fingerprint density at radius 3 is 1.20 bits per heavy atom. The predicted octanol–water partition coefficient (Wildman–Crippen LogP) is 14.1. The summed E-state index contributed by atoms with van der Waals surface area (Å²) in [4.78, 5) is 2.36. The molecule has 9 aromatic rings. The van der Waals surface area contributed by atoms with Gasteiger partial charge in [-0.25, -0.2) is 0 Å². The standard InChI is InChI=1S/C50H35N/c1-2-11-36(12-3-1)38-27-31-44(32-28-38)51(46-18-8-17-43(35-46)50-22-10-16-41-14-5-7-20-48(41)50)45-33-29-39(30-34-45)37-23-25-42(26-24-37)49-21-9-15-40-13-4-6-19-47(40)49/h1-35H. The van der Waals surface area contributed by atoms with Gasteiger partial charge in [0, 0.05) is 17.1 Å². The lowest BCUT2D eigenvalue weighted by atomic mass is 9.96. The van der Waals surface area contributed by atoms with Gasteiger partial charge >= 0.3 is 0 Å². The van der Waals surface area contributed by atoms with Crippen molar-refractivity contribution in [1.29, 1.82) is 0 Å². The Balaban J connectivity index is 1.09. The summed E-state index contributed by atoms with van der Waals surface area (Å²) < 4.78 is 0. The molecule has 1 nitrogen and oxygen atoms in total. The van der Waals surface area contributed by atoms with Gasteiger partial charge in [0.1, 0.15) is 0 Å². The van der Waals surface area contributed by atoms with Crippen LogP contribution in [0.2, 0.25) is 0 Å². The summed E-state index contributed by atoms with van der Waals surface area (Å²) in [6, 6.07) is 76.6. The van der Waals surface area contributed by atoms with E-state index in [9.17, 15) is 0 Å². The first-order valence-electron chi connectivity index (χ1n) is 17.5. The second-order valence-electron chi connectivity index (χ2n) is 13.0. The van der Waals surface area contributed by atoms with E-state index >= 15 is 0 Å². The number of anilines is 3. The fraction of sp³-hybridized carbons (Fsp3) is 0. The highest BCUT2D eigenvalue weighted by Gasteiger charge is 2.15. The van der Waals surface area contributed by atoms with E-state index in [2.05, 4.69) is 217 Å². The Hall–Kier alpha value is -6.70. The predicted molar refractivity (Wildman–Crippen MR) is 218 cm³/mol. The van der Waals surface area contributed by atoms with Crippen LogP contribution in [0.15, 0.2) is 212 Å². The normalized spacial score (nSPS) is 11.1. The molecule has 0 N–H and O–H groups in total. The highest BCUT2D eigenvalue weighted by Crippen LogP contribution is 2.39. The molecule has 51 heavy (non-hydrogen) atoms. The Morgan fingerprint density at radius 1 is 0.235 bits per heavy atom. The molecule has 0 radical (unpaired) electrons. The monoisotopic (exact) mass is 649 g/mol. The Kier molecular flexibility index (Phi) is 7.92. The highest BCUT2D eigenvalue weighted by molar-refractivity contribution is 5.98. The minimum absolute atomic E-state index is 1.11. The average molecular weight is 650 g/mol. The summed E-state index contributed by atoms with van der Waals surface area (Å²) in [6.45, 7) is 0. The quantitative estimate of drug-likeness (QED) is 0.166. The van der Waals surface area contributed by atoms with Crippen LogP contribution in [0.5, 0.6) is 0 Å². The molecule has 0 heterocycles. The zero-order chi connectivity index (χ0) is 34.0. The molecule has 0 aliphatic carbocycles. The van der Waals surface area contributed by atoms with Crippen LogP contribution in [0, 0.1) is 0 Å². The molecule has 1 heteroatoms. The Labute approximate surface area is 299 Å². The minimum atomic E-state index is 1.11. The van der Waals surface area contributed by atoms with Crippen molar-refractivity contribution in [2.24, 2.45) is 0 Å². The van der Waals surface area contributed by atoms with Crippen molar-refractivity contribution in [1.82, 2.24) is 0 Å². The van der Waals surface area contributed by atoms with Gasteiger partial charge in [-0.2, -0.15) is 0 Å². The molecule has 9 aromatic carbocycles. The Bertz CT molecular complexity index is 2590. The number of hydrogen-bond acceptors (Lipinski definition) is 1. The molecule has 0 aliphatic rings. The molecule has 9 rings (SSSR count). The lowest BCUT2D eigenvalue weighted by Crippen LogP contribution is -2.10. The highest BCUT2D eigenvalue weighted by atomic mass is 15.1. The SMILES string of the molecule is c1ccc(-c2ccc(N(c3ccc(-c4ccc(-c5cccc6ccccc56)cc4)cc3)c3cccc(-c4cccc5ccccc45)c3)cc2)cc1. The molecule has 0 saturated heterocycles. The third-order valence-electron chi connectivity index (χ3n) is 9.88. The van der Waals surface area contributed by atoms with Gasteiger partial charge in [-0.05, 0) is 102 Å². The fourth-order valence-electron chi connectivity index (χ4n) is 7.29. The maximum Gasteiger partial charge on any atom is 0.0467 e. The van der Waals surface area contributed by atoms with Crippen molar-refractivity contribution in [3.8, 4) is 44.5 Å². The van der Waals surface area contributed by atoms with Crippen molar-refractivity contribution in [3.63, 3.8) is 0 Å². The second-order valence-corrected chi connectivity index (χ2v) is 13.0. The third-order valence-corrected chi connectivity index (χ3v) is 9.88. The van der Waals surface area contributed by atoms with Crippen molar-refractivity contribution in [3.05, 3.63) is 212 Å². The van der Waals surface area contributed by atoms with Crippen LogP contribution in [-0.4, -0.2) is 0 Å². The van der Waals surface area contributed by atoms with Crippen LogP contribution in [-0.2, 0) is 0 Å². The molecule has 0 aromatic heterocycles. The fourth-order valence-corrected chi connectivity index (χ4v) is 7.29. The topological polar surface area (TPSA) is 3.24 Å². The summed E-state index contributed by atoms with van der Waals surface area (Å²) in [7, 11) is 0. The first-order chi connectivity index (χ1) is 25.3. The van der Waals surface area contributed by atoms with E-state index in [4.69, 9.17) is 0 Å². The second kappa shape index (κ2) is 13.3. The van der Waals surface area contributed by atoms with Crippen LogP contribution in [0.4, 0.5) is 17.1 Å². The molecule has 0 saturated carbocycles. The van der Waals surface area contributed by atoms with E-state index in [1.54, 1.807) is 0 Å². The van der Waals surface area contributed by atoms with E-state index in [0.717, 1.165) is 17.1 Å². The van der Waals surface area contributed by atoms with Crippen LogP contribution in [0.25, 0.3) is 66.1 Å². The summed E-state index contributed by atoms with van der Waals surface area (Å²) >= 11 is 0. The number of hydrogen-bond donors (Lipinski definition) is 0. The number of fused-ring (bicyclic) bond motifs is 2. The van der Waals surface area contributed by atoms with Crippen molar-refractivity contribution in [2.45, 2.75) is 0 Å². The van der Waals surface area contributed by atoms with E-state index in [-0.39, 0.29) is 0 Å². The summed E-state index contributed by atoms with van der Waals surface area (Å²) in [5, 5.41) is 5.04. The maximum atomic E-state index is 2.36. The third kappa shape index (κ3) is 5.96. The van der Waals surface area contributed by atoms with Gasteiger partial charge in [0.25, 0.3) is 0 Å². The number of rotatable bonds is 7. The molecule has 0 fully saturated rings. The zero-order valence-corrected chi connectivity index (χ0v) is 28.2. The van der Waals surface area contributed by atoms with Crippen LogP contribution < -0.4 is 4.90 Å². The van der Waals surface area contributed by atoms with Crippen LogP contribution in [0.3, 0.4) is 0 Å². The van der Waals surface area contributed by atoms with Crippen LogP contribution >= 0.6 is 0 Å². The van der Waals surface area contributed by atoms with E-state index in [1.165, 1.54) is 66.1 Å². The molecule has 0 spiro atoms. The van der Waals surface area contributed by atoms with Gasteiger partial charge in [-0.1, -0.05) is 176 Å². The molecular weight excluding hydrogens is 615 g/mol. The minimum Gasteiger partial charge on any atom is -0.310 e. The van der Waals surface area contributed by atoms with Gasteiger partial charge in [0.2, 0.25) is 0 Å². The molecule has 0 unspecified atom stereocenters. The van der Waals surface area contributed by atoms with Gasteiger partial charge in [-0.3, -0.25) is 0 Å². The van der Waals surface area contributed by atoms with Crippen LogP contribution in [0.1, 0.15) is 0 Å². The van der Waals surface area contributed by atoms with E-state index < -0.39 is 0 Å². The molecule has 240 valence electrons. The molecule has 0 atom stereocenters. The van der Waals surface area contributed by atoms with Gasteiger partial charge in [0.05, 0.1) is 0 Å². The van der Waals surface area contributed by atoms with E-state index in [0.29, 0.717) is 0 Å². The summed E-state index contributed by atoms with van der Waals surface area (Å²) in [5.74, 6) is 0. The lowest BCUT2D eigenvalue weighted by Gasteiger charge is -2.26. The summed E-state index contributed by atoms with van der Waals surface area (Å²) in [6.07, 6.45) is 0. The first-order valence-corrected chi connectivity index (χ1v) is 17.5. The first kappa shape index (κ1) is 30.4. The summed E-state index contributed by atoms with van der Waals surface area (Å²) in [5.41, 5.74) is 13.0. The Morgan fingerprint density at radius 2 is 0.627 bits per heavy atom. The van der Waals surface area contributed by atoms with Crippen molar-refractivity contribution in [2.75, 3.05) is 4.90 Å². The zero-order valence-electron chi connectivity index (χ0n) is 28.2. The molecule has 0 amide bonds. The molecule has 0 bridgehead atoms. The van der Waals surface area contributed by atoms with Gasteiger partial charge < -0.3 is 4.90 Å². The average Bonchev–Trinajstić information content (AvgIpc) is 3.21. The number of nitrogens with zero attached hydrogens (tertiary/aromatic N) is 1. The lowest BCUT2D eigenvalue weighted by molar-refractivity contribution is 1.28. The van der Waals surface area contributed by atoms with Crippen molar-refractivity contribution >= 4 is 38.6 Å².